The number of benzene rings is 1. The fourth-order valence-corrected chi connectivity index (χ4v) is 2.37. The highest BCUT2D eigenvalue weighted by molar-refractivity contribution is 5.86. The molecule has 102 valence electrons. The number of para-hydroxylation sites is 1. The summed E-state index contributed by atoms with van der Waals surface area (Å²) >= 11 is 0. The van der Waals surface area contributed by atoms with E-state index in [-0.39, 0.29) is 12.5 Å². The summed E-state index contributed by atoms with van der Waals surface area (Å²) in [4.78, 5) is 24.5. The van der Waals surface area contributed by atoms with Gasteiger partial charge in [-0.3, -0.25) is 4.79 Å². The summed E-state index contributed by atoms with van der Waals surface area (Å²) in [6.45, 7) is 2.63. The minimum absolute atomic E-state index is 0.134. The Balaban J connectivity index is 1.95. The molecule has 2 N–H and O–H groups in total. The third-order valence-electron chi connectivity index (χ3n) is 3.43. The van der Waals surface area contributed by atoms with Crippen molar-refractivity contribution in [1.82, 2.24) is 4.90 Å². The van der Waals surface area contributed by atoms with Crippen LogP contribution in [0.2, 0.25) is 0 Å². The van der Waals surface area contributed by atoms with Gasteiger partial charge in [0.05, 0.1) is 6.54 Å². The molecule has 0 aliphatic carbocycles. The number of amides is 1. The van der Waals surface area contributed by atoms with Crippen LogP contribution < -0.4 is 5.32 Å². The molecule has 5 nitrogen and oxygen atoms in total. The largest absolute Gasteiger partial charge is 0.480 e. The Morgan fingerprint density at radius 2 is 2.16 bits per heavy atom. The van der Waals surface area contributed by atoms with E-state index in [0.29, 0.717) is 13.0 Å². The number of carboxylic acids is 1. The molecule has 5 heteroatoms. The van der Waals surface area contributed by atoms with Crippen molar-refractivity contribution in [3.05, 3.63) is 29.8 Å². The van der Waals surface area contributed by atoms with Gasteiger partial charge in [-0.1, -0.05) is 18.2 Å². The molecular formula is C14H18N2O3. The number of aryl methyl sites for hydroxylation is 1. The van der Waals surface area contributed by atoms with Gasteiger partial charge < -0.3 is 15.3 Å². The van der Waals surface area contributed by atoms with Crippen LogP contribution in [0.3, 0.4) is 0 Å². The quantitative estimate of drug-likeness (QED) is 0.862. The molecule has 1 aliphatic heterocycles. The maximum atomic E-state index is 12.0. The van der Waals surface area contributed by atoms with Crippen molar-refractivity contribution in [1.29, 1.82) is 0 Å². The number of hydrogen-bond donors (Lipinski definition) is 2. The molecule has 0 spiro atoms. The van der Waals surface area contributed by atoms with Crippen LogP contribution in [0.25, 0.3) is 0 Å². The summed E-state index contributed by atoms with van der Waals surface area (Å²) < 4.78 is 0. The van der Waals surface area contributed by atoms with E-state index in [1.165, 1.54) is 4.90 Å². The molecule has 2 rings (SSSR count). The number of nitrogens with zero attached hydrogens (tertiary/aromatic N) is 1. The first-order valence-corrected chi connectivity index (χ1v) is 6.41. The molecule has 1 aromatic carbocycles. The van der Waals surface area contributed by atoms with Gasteiger partial charge in [0.25, 0.3) is 0 Å². The van der Waals surface area contributed by atoms with Gasteiger partial charge in [0.15, 0.2) is 0 Å². The smallest absolute Gasteiger partial charge is 0.326 e. The highest BCUT2D eigenvalue weighted by atomic mass is 16.4. The van der Waals surface area contributed by atoms with Crippen molar-refractivity contribution in [2.24, 2.45) is 0 Å². The average molecular weight is 262 g/mol. The van der Waals surface area contributed by atoms with E-state index in [0.717, 1.165) is 17.7 Å². The molecule has 1 atom stereocenters. The fourth-order valence-electron chi connectivity index (χ4n) is 2.37. The highest BCUT2D eigenvalue weighted by Crippen LogP contribution is 2.18. The second kappa shape index (κ2) is 5.73. The standard InChI is InChI=1S/C14H18N2O3/c1-10-5-2-3-6-11(10)15-9-13(17)16-8-4-7-12(16)14(18)19/h2-3,5-6,12,15H,4,7-9H2,1H3,(H,18,19)/t12-/m0/s1. The summed E-state index contributed by atoms with van der Waals surface area (Å²) in [6.07, 6.45) is 1.30. The minimum atomic E-state index is -0.915. The highest BCUT2D eigenvalue weighted by Gasteiger charge is 2.33. The van der Waals surface area contributed by atoms with Gasteiger partial charge in [-0.15, -0.1) is 0 Å². The molecule has 1 heterocycles. The molecular weight excluding hydrogens is 244 g/mol. The van der Waals surface area contributed by atoms with Crippen molar-refractivity contribution in [2.45, 2.75) is 25.8 Å². The zero-order valence-electron chi connectivity index (χ0n) is 10.9. The summed E-state index contributed by atoms with van der Waals surface area (Å²) in [7, 11) is 0. The lowest BCUT2D eigenvalue weighted by atomic mass is 10.2. The van der Waals surface area contributed by atoms with Crippen LogP contribution in [0, 0.1) is 6.92 Å². The predicted octanol–water partition coefficient (Wildman–Crippen LogP) is 1.48. The summed E-state index contributed by atoms with van der Waals surface area (Å²) in [6, 6.07) is 7.04. The van der Waals surface area contributed by atoms with E-state index >= 15 is 0 Å². The van der Waals surface area contributed by atoms with Crippen LogP contribution in [0.4, 0.5) is 5.69 Å². The number of aliphatic carboxylic acids is 1. The lowest BCUT2D eigenvalue weighted by Crippen LogP contribution is -2.43. The van der Waals surface area contributed by atoms with E-state index < -0.39 is 12.0 Å². The van der Waals surface area contributed by atoms with Gasteiger partial charge in [-0.05, 0) is 31.4 Å². The molecule has 0 aromatic heterocycles. The lowest BCUT2D eigenvalue weighted by Gasteiger charge is -2.22. The number of carbonyl (C=O) groups is 2. The van der Waals surface area contributed by atoms with Crippen LogP contribution >= 0.6 is 0 Å². The third-order valence-corrected chi connectivity index (χ3v) is 3.43. The number of likely N-dealkylation sites (tertiary alicyclic amines) is 1. The number of rotatable bonds is 4. The van der Waals surface area contributed by atoms with Crippen LogP contribution in [-0.4, -0.2) is 41.0 Å². The van der Waals surface area contributed by atoms with Crippen molar-refractivity contribution in [2.75, 3.05) is 18.4 Å². The van der Waals surface area contributed by atoms with Gasteiger partial charge in [-0.25, -0.2) is 4.79 Å². The Morgan fingerprint density at radius 1 is 1.42 bits per heavy atom. The molecule has 19 heavy (non-hydrogen) atoms. The van der Waals surface area contributed by atoms with E-state index in [1.807, 2.05) is 31.2 Å². The summed E-state index contributed by atoms with van der Waals surface area (Å²) in [5.41, 5.74) is 1.97. The van der Waals surface area contributed by atoms with Gasteiger partial charge in [-0.2, -0.15) is 0 Å². The first-order valence-electron chi connectivity index (χ1n) is 6.41. The van der Waals surface area contributed by atoms with E-state index in [9.17, 15) is 9.59 Å². The van der Waals surface area contributed by atoms with Gasteiger partial charge in [0.1, 0.15) is 6.04 Å². The molecule has 0 radical (unpaired) electrons. The van der Waals surface area contributed by atoms with Gasteiger partial charge in [0, 0.05) is 12.2 Å². The molecule has 1 amide bonds. The SMILES string of the molecule is Cc1ccccc1NCC(=O)N1CCC[C@H]1C(=O)O. The van der Waals surface area contributed by atoms with Crippen molar-refractivity contribution >= 4 is 17.6 Å². The Bertz CT molecular complexity index is 487. The number of anilines is 1. The second-order valence-corrected chi connectivity index (χ2v) is 4.75. The van der Waals surface area contributed by atoms with Crippen LogP contribution in [0.15, 0.2) is 24.3 Å². The maximum Gasteiger partial charge on any atom is 0.326 e. The summed E-state index contributed by atoms with van der Waals surface area (Å²) in [5, 5.41) is 12.1. The Morgan fingerprint density at radius 3 is 2.84 bits per heavy atom. The normalized spacial score (nSPS) is 18.4. The van der Waals surface area contributed by atoms with Crippen LogP contribution in [0.1, 0.15) is 18.4 Å². The van der Waals surface area contributed by atoms with Crippen molar-refractivity contribution in [3.63, 3.8) is 0 Å². The van der Waals surface area contributed by atoms with Crippen molar-refractivity contribution in [3.8, 4) is 0 Å². The van der Waals surface area contributed by atoms with E-state index in [4.69, 9.17) is 5.11 Å². The molecule has 1 saturated heterocycles. The molecule has 1 fully saturated rings. The topological polar surface area (TPSA) is 69.6 Å². The van der Waals surface area contributed by atoms with E-state index in [2.05, 4.69) is 5.32 Å². The number of carbonyl (C=O) groups excluding carboxylic acids is 1. The Labute approximate surface area is 112 Å². The van der Waals surface area contributed by atoms with Crippen LogP contribution in [0.5, 0.6) is 0 Å². The molecule has 0 saturated carbocycles. The third kappa shape index (κ3) is 3.05. The maximum absolute atomic E-state index is 12.0. The van der Waals surface area contributed by atoms with Gasteiger partial charge >= 0.3 is 5.97 Å². The fraction of sp³-hybridized carbons (Fsp3) is 0.429. The minimum Gasteiger partial charge on any atom is -0.480 e. The zero-order valence-corrected chi connectivity index (χ0v) is 10.9. The first-order chi connectivity index (χ1) is 9.09. The van der Waals surface area contributed by atoms with Crippen LogP contribution in [-0.2, 0) is 9.59 Å². The Kier molecular flexibility index (Phi) is 4.04. The summed E-state index contributed by atoms with van der Waals surface area (Å²) in [5.74, 6) is -1.07. The molecule has 1 aromatic rings. The van der Waals surface area contributed by atoms with E-state index in [1.54, 1.807) is 0 Å². The average Bonchev–Trinajstić information content (AvgIpc) is 2.87. The zero-order chi connectivity index (χ0) is 13.8. The lowest BCUT2D eigenvalue weighted by molar-refractivity contribution is -0.147. The number of hydrogen-bond acceptors (Lipinski definition) is 3. The first kappa shape index (κ1) is 13.4. The number of nitrogens with one attached hydrogen (secondary N) is 1. The molecule has 0 unspecified atom stereocenters. The molecule has 0 bridgehead atoms. The second-order valence-electron chi connectivity index (χ2n) is 4.75. The monoisotopic (exact) mass is 262 g/mol. The van der Waals surface area contributed by atoms with Crippen molar-refractivity contribution < 1.29 is 14.7 Å². The predicted molar refractivity (Wildman–Crippen MR) is 72.0 cm³/mol. The number of carboxylic acid groups (broad SMARTS) is 1. The Hall–Kier alpha value is -2.04. The van der Waals surface area contributed by atoms with Gasteiger partial charge in [0.2, 0.25) is 5.91 Å². The molecule has 1 aliphatic rings.